The lowest BCUT2D eigenvalue weighted by Gasteiger charge is -2.21. The van der Waals surface area contributed by atoms with Gasteiger partial charge in [-0.2, -0.15) is 0 Å². The van der Waals surface area contributed by atoms with Crippen LogP contribution in [0.5, 0.6) is 0 Å². The Bertz CT molecular complexity index is 419. The molecule has 1 aromatic rings. The number of carbonyl (C=O) groups is 1. The molecule has 1 aliphatic rings. The van der Waals surface area contributed by atoms with Gasteiger partial charge in [0.1, 0.15) is 0 Å². The summed E-state index contributed by atoms with van der Waals surface area (Å²) in [6.07, 6.45) is 9.88. The molecule has 0 aliphatic heterocycles. The normalized spacial score (nSPS) is 16.1. The lowest BCUT2D eigenvalue weighted by atomic mass is 9.85. The minimum atomic E-state index is -0.128. The van der Waals surface area contributed by atoms with E-state index in [4.69, 9.17) is 4.74 Å². The Morgan fingerprint density at radius 3 is 2.70 bits per heavy atom. The van der Waals surface area contributed by atoms with Crippen molar-refractivity contribution < 1.29 is 9.53 Å². The predicted octanol–water partition coefficient (Wildman–Crippen LogP) is 4.31. The first-order chi connectivity index (χ1) is 9.78. The van der Waals surface area contributed by atoms with Crippen LogP contribution in [0.2, 0.25) is 0 Å². The number of ether oxygens (including phenoxy) is 1. The van der Waals surface area contributed by atoms with Gasteiger partial charge in [0.2, 0.25) is 0 Å². The van der Waals surface area contributed by atoms with E-state index in [9.17, 15) is 4.79 Å². The highest BCUT2D eigenvalue weighted by atomic mass is 16.5. The van der Waals surface area contributed by atoms with Crippen LogP contribution >= 0.6 is 0 Å². The molecule has 0 unspecified atom stereocenters. The summed E-state index contributed by atoms with van der Waals surface area (Å²) >= 11 is 0. The van der Waals surface area contributed by atoms with Gasteiger partial charge in [-0.05, 0) is 36.8 Å². The summed E-state index contributed by atoms with van der Waals surface area (Å²) in [4.78, 5) is 11.5. The van der Waals surface area contributed by atoms with Gasteiger partial charge in [0, 0.05) is 0 Å². The van der Waals surface area contributed by atoms with Crippen molar-refractivity contribution in [2.75, 3.05) is 6.61 Å². The fraction of sp³-hybridized carbons (Fsp3) is 0.611. The van der Waals surface area contributed by atoms with Crippen LogP contribution < -0.4 is 0 Å². The third-order valence-electron chi connectivity index (χ3n) is 4.21. The van der Waals surface area contributed by atoms with Crippen molar-refractivity contribution in [2.24, 2.45) is 5.92 Å². The number of hydrogen-bond acceptors (Lipinski definition) is 2. The summed E-state index contributed by atoms with van der Waals surface area (Å²) in [7, 11) is 0. The Labute approximate surface area is 122 Å². The van der Waals surface area contributed by atoms with Crippen LogP contribution in [0.4, 0.5) is 0 Å². The molecule has 2 heteroatoms. The Hall–Kier alpha value is -1.31. The maximum Gasteiger partial charge on any atom is 0.310 e. The van der Waals surface area contributed by atoms with Gasteiger partial charge in [-0.25, -0.2) is 0 Å². The van der Waals surface area contributed by atoms with E-state index in [1.165, 1.54) is 44.1 Å². The first kappa shape index (κ1) is 15.1. The zero-order valence-corrected chi connectivity index (χ0v) is 12.6. The molecule has 0 amide bonds. The zero-order valence-electron chi connectivity index (χ0n) is 12.6. The van der Waals surface area contributed by atoms with Crippen molar-refractivity contribution in [1.82, 2.24) is 0 Å². The summed E-state index contributed by atoms with van der Waals surface area (Å²) < 4.78 is 5.00. The largest absolute Gasteiger partial charge is 0.466 e. The van der Waals surface area contributed by atoms with Crippen molar-refractivity contribution >= 4 is 5.97 Å². The van der Waals surface area contributed by atoms with Crippen LogP contribution in [-0.4, -0.2) is 12.6 Å². The van der Waals surface area contributed by atoms with Crippen LogP contribution in [0.25, 0.3) is 0 Å². The van der Waals surface area contributed by atoms with Crippen molar-refractivity contribution in [3.05, 3.63) is 35.4 Å². The lowest BCUT2D eigenvalue weighted by Crippen LogP contribution is -2.08. The minimum absolute atomic E-state index is 0.128. The quantitative estimate of drug-likeness (QED) is 0.723. The Balaban J connectivity index is 1.83. The summed E-state index contributed by atoms with van der Waals surface area (Å²) in [5, 5.41) is 0. The lowest BCUT2D eigenvalue weighted by molar-refractivity contribution is -0.142. The molecule has 1 fully saturated rings. The SMILES string of the molecule is CCOC(=O)Cc1cccc(CCC2CCCCC2)c1. The summed E-state index contributed by atoms with van der Waals surface area (Å²) in [5.41, 5.74) is 2.43. The molecule has 20 heavy (non-hydrogen) atoms. The smallest absolute Gasteiger partial charge is 0.310 e. The van der Waals surface area contributed by atoms with Gasteiger partial charge in [-0.3, -0.25) is 4.79 Å². The van der Waals surface area contributed by atoms with E-state index in [0.29, 0.717) is 13.0 Å². The van der Waals surface area contributed by atoms with Crippen LogP contribution in [-0.2, 0) is 22.4 Å². The summed E-state index contributed by atoms with van der Waals surface area (Å²) in [5.74, 6) is 0.786. The Morgan fingerprint density at radius 2 is 1.95 bits per heavy atom. The molecule has 0 N–H and O–H groups in total. The average Bonchev–Trinajstić information content (AvgIpc) is 2.47. The van der Waals surface area contributed by atoms with Gasteiger partial charge in [0.15, 0.2) is 0 Å². The van der Waals surface area contributed by atoms with E-state index in [0.717, 1.165) is 17.9 Å². The van der Waals surface area contributed by atoms with E-state index >= 15 is 0 Å². The van der Waals surface area contributed by atoms with Crippen molar-refractivity contribution in [1.29, 1.82) is 0 Å². The molecule has 0 saturated heterocycles. The zero-order chi connectivity index (χ0) is 14.2. The van der Waals surface area contributed by atoms with Crippen molar-refractivity contribution in [3.8, 4) is 0 Å². The molecule has 1 aromatic carbocycles. The van der Waals surface area contributed by atoms with Gasteiger partial charge >= 0.3 is 5.97 Å². The van der Waals surface area contributed by atoms with E-state index < -0.39 is 0 Å². The van der Waals surface area contributed by atoms with E-state index in [1.54, 1.807) is 0 Å². The molecule has 1 saturated carbocycles. The summed E-state index contributed by atoms with van der Waals surface area (Å²) in [6.45, 7) is 2.30. The highest BCUT2D eigenvalue weighted by Gasteiger charge is 2.13. The van der Waals surface area contributed by atoms with Crippen LogP contribution in [0.1, 0.15) is 56.6 Å². The molecule has 0 heterocycles. The van der Waals surface area contributed by atoms with E-state index in [2.05, 4.69) is 18.2 Å². The minimum Gasteiger partial charge on any atom is -0.466 e. The first-order valence-corrected chi connectivity index (χ1v) is 8.01. The Morgan fingerprint density at radius 1 is 1.20 bits per heavy atom. The second kappa shape index (κ2) is 8.08. The number of carbonyl (C=O) groups excluding carboxylic acids is 1. The average molecular weight is 274 g/mol. The highest BCUT2D eigenvalue weighted by molar-refractivity contribution is 5.72. The van der Waals surface area contributed by atoms with E-state index in [-0.39, 0.29) is 5.97 Å². The van der Waals surface area contributed by atoms with E-state index in [1.807, 2.05) is 13.0 Å². The molecular weight excluding hydrogens is 248 g/mol. The predicted molar refractivity (Wildman–Crippen MR) is 81.7 cm³/mol. The third kappa shape index (κ3) is 4.99. The van der Waals surface area contributed by atoms with Gasteiger partial charge in [-0.15, -0.1) is 0 Å². The molecule has 0 aromatic heterocycles. The number of hydrogen-bond donors (Lipinski definition) is 0. The topological polar surface area (TPSA) is 26.3 Å². The Kier molecular flexibility index (Phi) is 6.10. The monoisotopic (exact) mass is 274 g/mol. The molecule has 2 nitrogen and oxygen atoms in total. The number of rotatable bonds is 6. The number of aryl methyl sites for hydroxylation is 1. The maximum atomic E-state index is 11.5. The van der Waals surface area contributed by atoms with Crippen LogP contribution in [0.3, 0.4) is 0 Å². The number of esters is 1. The third-order valence-corrected chi connectivity index (χ3v) is 4.21. The van der Waals surface area contributed by atoms with Crippen LogP contribution in [0, 0.1) is 5.92 Å². The second-order valence-corrected chi connectivity index (χ2v) is 5.84. The van der Waals surface area contributed by atoms with Crippen molar-refractivity contribution in [2.45, 2.75) is 58.3 Å². The van der Waals surface area contributed by atoms with Crippen molar-refractivity contribution in [3.63, 3.8) is 0 Å². The second-order valence-electron chi connectivity index (χ2n) is 5.84. The van der Waals surface area contributed by atoms with Gasteiger partial charge < -0.3 is 4.74 Å². The standard InChI is InChI=1S/C18H26O2/c1-2-20-18(19)14-17-10-6-9-16(13-17)12-11-15-7-4-3-5-8-15/h6,9-10,13,15H,2-5,7-8,11-12,14H2,1H3. The number of benzene rings is 1. The van der Waals surface area contributed by atoms with Gasteiger partial charge in [0.05, 0.1) is 13.0 Å². The van der Waals surface area contributed by atoms with Gasteiger partial charge in [0.25, 0.3) is 0 Å². The molecule has 110 valence electrons. The molecule has 0 atom stereocenters. The molecule has 1 aliphatic carbocycles. The first-order valence-electron chi connectivity index (χ1n) is 8.01. The molecule has 0 spiro atoms. The van der Waals surface area contributed by atoms with Crippen LogP contribution in [0.15, 0.2) is 24.3 Å². The van der Waals surface area contributed by atoms with Gasteiger partial charge in [-0.1, -0.05) is 56.4 Å². The summed E-state index contributed by atoms with van der Waals surface area (Å²) in [6, 6.07) is 8.42. The molecule has 0 bridgehead atoms. The fourth-order valence-corrected chi connectivity index (χ4v) is 3.12. The maximum absolute atomic E-state index is 11.5. The highest BCUT2D eigenvalue weighted by Crippen LogP contribution is 2.27. The molecular formula is C18H26O2. The fourth-order valence-electron chi connectivity index (χ4n) is 3.12. The molecule has 2 rings (SSSR count). The molecule has 0 radical (unpaired) electrons.